The standard InChI is InChI=1S/C16H18N2O4/c1-3-22-16(21)18-10-13(19)14(15(18)20)11(2)17-9-12-7-5-4-6-8-12/h4-8,19H,3,9-10H2,1-2H3. The SMILES string of the molecule is CCOC(=O)N1CC(O)=C(C(C)=NCc2ccccc2)C1=O. The molecule has 0 aliphatic carbocycles. The molecule has 22 heavy (non-hydrogen) atoms. The van der Waals surface area contributed by atoms with Gasteiger partial charge >= 0.3 is 6.09 Å². The molecule has 1 aromatic rings. The molecule has 0 unspecified atom stereocenters. The van der Waals surface area contributed by atoms with E-state index in [1.807, 2.05) is 30.3 Å². The van der Waals surface area contributed by atoms with Gasteiger partial charge in [0.1, 0.15) is 11.3 Å². The van der Waals surface area contributed by atoms with Gasteiger partial charge < -0.3 is 9.84 Å². The minimum Gasteiger partial charge on any atom is -0.509 e. The van der Waals surface area contributed by atoms with Crippen LogP contribution in [-0.4, -0.2) is 40.9 Å². The van der Waals surface area contributed by atoms with Crippen molar-refractivity contribution >= 4 is 17.7 Å². The summed E-state index contributed by atoms with van der Waals surface area (Å²) in [6, 6.07) is 9.56. The summed E-state index contributed by atoms with van der Waals surface area (Å²) in [5.74, 6) is -0.738. The molecular weight excluding hydrogens is 284 g/mol. The highest BCUT2D eigenvalue weighted by Gasteiger charge is 2.36. The average Bonchev–Trinajstić information content (AvgIpc) is 2.81. The van der Waals surface area contributed by atoms with Crippen molar-refractivity contribution in [2.45, 2.75) is 20.4 Å². The molecule has 0 radical (unpaired) electrons. The number of hydrogen-bond donors (Lipinski definition) is 1. The first-order chi connectivity index (χ1) is 10.5. The van der Waals surface area contributed by atoms with E-state index in [1.54, 1.807) is 13.8 Å². The van der Waals surface area contributed by atoms with Crippen LogP contribution in [0.2, 0.25) is 0 Å². The minimum absolute atomic E-state index is 0.0731. The predicted octanol–water partition coefficient (Wildman–Crippen LogP) is 2.46. The number of ether oxygens (including phenoxy) is 1. The quantitative estimate of drug-likeness (QED) is 0.866. The summed E-state index contributed by atoms with van der Waals surface area (Å²) >= 11 is 0. The van der Waals surface area contributed by atoms with Crippen LogP contribution in [0, 0.1) is 0 Å². The monoisotopic (exact) mass is 302 g/mol. The smallest absolute Gasteiger partial charge is 0.417 e. The third-order valence-corrected chi connectivity index (χ3v) is 3.25. The Balaban J connectivity index is 2.12. The van der Waals surface area contributed by atoms with Gasteiger partial charge in [0.2, 0.25) is 0 Å². The van der Waals surface area contributed by atoms with E-state index in [2.05, 4.69) is 4.99 Å². The lowest BCUT2D eigenvalue weighted by molar-refractivity contribution is -0.123. The molecule has 1 heterocycles. The highest BCUT2D eigenvalue weighted by Crippen LogP contribution is 2.20. The number of nitrogens with zero attached hydrogens (tertiary/aromatic N) is 2. The Morgan fingerprint density at radius 1 is 1.36 bits per heavy atom. The molecule has 0 fully saturated rings. The van der Waals surface area contributed by atoms with E-state index in [-0.39, 0.29) is 24.5 Å². The zero-order valence-corrected chi connectivity index (χ0v) is 12.6. The Morgan fingerprint density at radius 2 is 2.05 bits per heavy atom. The maximum absolute atomic E-state index is 12.2. The molecule has 1 aliphatic rings. The molecule has 0 saturated heterocycles. The van der Waals surface area contributed by atoms with E-state index in [1.165, 1.54) is 0 Å². The molecule has 0 aromatic heterocycles. The topological polar surface area (TPSA) is 79.2 Å². The van der Waals surface area contributed by atoms with Gasteiger partial charge in [0.15, 0.2) is 0 Å². The van der Waals surface area contributed by atoms with Crippen LogP contribution >= 0.6 is 0 Å². The summed E-state index contributed by atoms with van der Waals surface area (Å²) < 4.78 is 4.79. The van der Waals surface area contributed by atoms with Crippen LogP contribution in [0.3, 0.4) is 0 Å². The van der Waals surface area contributed by atoms with E-state index < -0.39 is 12.0 Å². The summed E-state index contributed by atoms with van der Waals surface area (Å²) in [7, 11) is 0. The molecular formula is C16H18N2O4. The van der Waals surface area contributed by atoms with Gasteiger partial charge in [-0.15, -0.1) is 0 Å². The Morgan fingerprint density at radius 3 is 2.68 bits per heavy atom. The number of aliphatic hydroxyl groups excluding tert-OH is 1. The number of aliphatic hydroxyl groups is 1. The first-order valence-electron chi connectivity index (χ1n) is 7.00. The molecule has 0 bridgehead atoms. The highest BCUT2D eigenvalue weighted by molar-refractivity contribution is 6.25. The largest absolute Gasteiger partial charge is 0.509 e. The number of rotatable bonds is 4. The van der Waals surface area contributed by atoms with E-state index in [4.69, 9.17) is 4.74 Å². The zero-order valence-electron chi connectivity index (χ0n) is 12.6. The van der Waals surface area contributed by atoms with Crippen LogP contribution in [0.5, 0.6) is 0 Å². The van der Waals surface area contributed by atoms with Crippen molar-refractivity contribution in [3.05, 3.63) is 47.2 Å². The number of hydrogen-bond acceptors (Lipinski definition) is 5. The molecule has 2 rings (SSSR count). The summed E-state index contributed by atoms with van der Waals surface area (Å²) in [5.41, 5.74) is 1.47. The van der Waals surface area contributed by atoms with Gasteiger partial charge in [-0.2, -0.15) is 0 Å². The lowest BCUT2D eigenvalue weighted by Gasteiger charge is -2.13. The van der Waals surface area contributed by atoms with Crippen LogP contribution in [0.15, 0.2) is 46.7 Å². The highest BCUT2D eigenvalue weighted by atomic mass is 16.6. The van der Waals surface area contributed by atoms with Gasteiger partial charge in [-0.1, -0.05) is 30.3 Å². The van der Waals surface area contributed by atoms with Gasteiger partial charge in [0.25, 0.3) is 5.91 Å². The van der Waals surface area contributed by atoms with Crippen molar-refractivity contribution in [1.82, 2.24) is 4.90 Å². The molecule has 2 amide bonds. The van der Waals surface area contributed by atoms with Gasteiger partial charge in [0, 0.05) is 5.71 Å². The van der Waals surface area contributed by atoms with Crippen LogP contribution < -0.4 is 0 Å². The van der Waals surface area contributed by atoms with Crippen molar-refractivity contribution in [3.8, 4) is 0 Å². The van der Waals surface area contributed by atoms with E-state index in [0.717, 1.165) is 10.5 Å². The Labute approximate surface area is 128 Å². The average molecular weight is 302 g/mol. The summed E-state index contributed by atoms with van der Waals surface area (Å²) in [4.78, 5) is 29.1. The molecule has 1 aromatic carbocycles. The summed E-state index contributed by atoms with van der Waals surface area (Å²) in [5, 5.41) is 9.94. The molecule has 0 saturated carbocycles. The van der Waals surface area contributed by atoms with E-state index in [9.17, 15) is 14.7 Å². The third-order valence-electron chi connectivity index (χ3n) is 3.25. The zero-order chi connectivity index (χ0) is 16.1. The van der Waals surface area contributed by atoms with Crippen LogP contribution in [0.1, 0.15) is 19.4 Å². The lowest BCUT2D eigenvalue weighted by atomic mass is 10.1. The van der Waals surface area contributed by atoms with Crippen LogP contribution in [0.25, 0.3) is 0 Å². The van der Waals surface area contributed by atoms with Crippen molar-refractivity contribution < 1.29 is 19.4 Å². The third kappa shape index (κ3) is 3.33. The summed E-state index contributed by atoms with van der Waals surface area (Å²) in [6.45, 7) is 3.68. The maximum Gasteiger partial charge on any atom is 0.417 e. The van der Waals surface area contributed by atoms with Crippen molar-refractivity contribution in [1.29, 1.82) is 0 Å². The molecule has 6 nitrogen and oxygen atoms in total. The Kier molecular flexibility index (Phi) is 4.93. The number of aliphatic imine (C=N–C) groups is 1. The first-order valence-corrected chi connectivity index (χ1v) is 7.00. The summed E-state index contributed by atoms with van der Waals surface area (Å²) in [6.07, 6.45) is -0.759. The molecule has 0 spiro atoms. The second-order valence-corrected chi connectivity index (χ2v) is 4.80. The van der Waals surface area contributed by atoms with Gasteiger partial charge in [0.05, 0.1) is 19.7 Å². The minimum atomic E-state index is -0.759. The van der Waals surface area contributed by atoms with E-state index >= 15 is 0 Å². The Bertz CT molecular complexity index is 635. The lowest BCUT2D eigenvalue weighted by Crippen LogP contribution is -2.35. The molecule has 1 aliphatic heterocycles. The van der Waals surface area contributed by atoms with Gasteiger partial charge in [-0.25, -0.2) is 9.69 Å². The number of imide groups is 1. The predicted molar refractivity (Wildman–Crippen MR) is 81.6 cm³/mol. The fourth-order valence-electron chi connectivity index (χ4n) is 2.14. The second kappa shape index (κ2) is 6.89. The number of amides is 2. The van der Waals surface area contributed by atoms with Gasteiger partial charge in [-0.05, 0) is 19.4 Å². The number of carbonyl (C=O) groups excluding carboxylic acids is 2. The fraction of sp³-hybridized carbons (Fsp3) is 0.312. The Hall–Kier alpha value is -2.63. The maximum atomic E-state index is 12.2. The van der Waals surface area contributed by atoms with Gasteiger partial charge in [-0.3, -0.25) is 9.79 Å². The fourth-order valence-corrected chi connectivity index (χ4v) is 2.14. The number of benzene rings is 1. The first kappa shape index (κ1) is 15.8. The molecule has 6 heteroatoms. The normalized spacial score (nSPS) is 15.5. The molecule has 116 valence electrons. The van der Waals surface area contributed by atoms with Crippen LogP contribution in [0.4, 0.5) is 4.79 Å². The van der Waals surface area contributed by atoms with Crippen LogP contribution in [-0.2, 0) is 16.1 Å². The molecule has 0 atom stereocenters. The van der Waals surface area contributed by atoms with Crippen molar-refractivity contribution in [2.24, 2.45) is 4.99 Å². The van der Waals surface area contributed by atoms with Crippen molar-refractivity contribution in [3.63, 3.8) is 0 Å². The molecule has 1 N–H and O–H groups in total. The second-order valence-electron chi connectivity index (χ2n) is 4.80. The van der Waals surface area contributed by atoms with Crippen molar-refractivity contribution in [2.75, 3.05) is 13.2 Å². The number of carbonyl (C=O) groups is 2. The van der Waals surface area contributed by atoms with E-state index in [0.29, 0.717) is 12.3 Å².